The van der Waals surface area contributed by atoms with E-state index < -0.39 is 29.6 Å². The molecule has 7 N–H and O–H groups in total. The van der Waals surface area contributed by atoms with Crippen molar-refractivity contribution in [2.75, 3.05) is 12.4 Å². The summed E-state index contributed by atoms with van der Waals surface area (Å²) in [6, 6.07) is 4.37. The third-order valence-corrected chi connectivity index (χ3v) is 6.27. The molecule has 1 aliphatic rings. The predicted molar refractivity (Wildman–Crippen MR) is 124 cm³/mol. The number of hydrogen-bond donors (Lipinski definition) is 7. The number of aryl methyl sites for hydroxylation is 1. The molecule has 4 aromatic heterocycles. The third-order valence-electron chi connectivity index (χ3n) is 6.27. The number of amides is 1. The van der Waals surface area contributed by atoms with E-state index in [0.717, 1.165) is 18.2 Å². The highest BCUT2D eigenvalue weighted by atomic mass is 16.7. The molecule has 0 spiro atoms. The standard InChI is InChI=1S/C21H24N8O7/c1-10-12-3-4-15(24-17(12)27-26-10)23-16-7-13-14(9-22-16)29(21(33,34)35)19(31)28(13)11-5-6-20(32,8-11)25-18(30)36-2/h3-4,7,9,11,32-35H,5-6,8H2,1-2H3,(H,25,30)(H2,22,23,24,26,27). The van der Waals surface area contributed by atoms with Gasteiger partial charge in [0.2, 0.25) is 0 Å². The van der Waals surface area contributed by atoms with Gasteiger partial charge in [0, 0.05) is 29.6 Å². The average molecular weight is 500 g/mol. The number of carbonyl (C=O) groups excluding carboxylic acids is 1. The molecule has 15 heteroatoms. The minimum atomic E-state index is -3.50. The lowest BCUT2D eigenvalue weighted by molar-refractivity contribution is -0.374. The molecule has 0 aromatic carbocycles. The van der Waals surface area contributed by atoms with Crippen molar-refractivity contribution in [3.05, 3.63) is 40.6 Å². The molecule has 5 rings (SSSR count). The van der Waals surface area contributed by atoms with Gasteiger partial charge in [-0.3, -0.25) is 15.0 Å². The first-order valence-electron chi connectivity index (χ1n) is 11.0. The first kappa shape index (κ1) is 23.7. The zero-order valence-electron chi connectivity index (χ0n) is 19.3. The summed E-state index contributed by atoms with van der Waals surface area (Å²) in [6.45, 7) is 1.87. The molecule has 4 heterocycles. The van der Waals surface area contributed by atoms with Gasteiger partial charge in [-0.15, -0.1) is 0 Å². The second-order valence-corrected chi connectivity index (χ2v) is 8.73. The van der Waals surface area contributed by atoms with E-state index >= 15 is 0 Å². The van der Waals surface area contributed by atoms with Gasteiger partial charge in [-0.2, -0.15) is 5.10 Å². The van der Waals surface area contributed by atoms with E-state index in [4.69, 9.17) is 0 Å². The Kier molecular flexibility index (Phi) is 5.44. The first-order valence-corrected chi connectivity index (χ1v) is 11.0. The van der Waals surface area contributed by atoms with Crippen LogP contribution in [0.3, 0.4) is 0 Å². The molecule has 15 nitrogen and oxygen atoms in total. The van der Waals surface area contributed by atoms with Crippen molar-refractivity contribution >= 4 is 39.8 Å². The molecule has 1 fully saturated rings. The SMILES string of the molecule is COC(=O)NC1(O)CCC(n2c(=O)n(C(O)(O)O)c3cnc(Nc4ccc5c(C)[nH]nc5n4)cc32)C1. The van der Waals surface area contributed by atoms with E-state index in [9.17, 15) is 30.0 Å². The minimum Gasteiger partial charge on any atom is -0.453 e. The Morgan fingerprint density at radius 3 is 2.78 bits per heavy atom. The number of methoxy groups -OCH3 is 1. The van der Waals surface area contributed by atoms with Gasteiger partial charge in [-0.1, -0.05) is 0 Å². The van der Waals surface area contributed by atoms with Gasteiger partial charge in [0.05, 0.1) is 24.3 Å². The van der Waals surface area contributed by atoms with Crippen molar-refractivity contribution in [2.45, 2.75) is 44.1 Å². The van der Waals surface area contributed by atoms with Crippen molar-refractivity contribution in [1.29, 1.82) is 0 Å². The van der Waals surface area contributed by atoms with Crippen LogP contribution in [0.1, 0.15) is 31.0 Å². The lowest BCUT2D eigenvalue weighted by Gasteiger charge is -2.23. The monoisotopic (exact) mass is 500 g/mol. The molecule has 0 bridgehead atoms. The van der Waals surface area contributed by atoms with E-state index in [0.29, 0.717) is 16.0 Å². The van der Waals surface area contributed by atoms with Crippen LogP contribution in [-0.4, -0.2) is 68.7 Å². The van der Waals surface area contributed by atoms with Crippen LogP contribution in [0.2, 0.25) is 0 Å². The highest BCUT2D eigenvalue weighted by Gasteiger charge is 2.42. The van der Waals surface area contributed by atoms with Crippen LogP contribution in [0.15, 0.2) is 29.2 Å². The topological polar surface area (TPSA) is 213 Å². The average Bonchev–Trinajstić information content (AvgIpc) is 3.45. The lowest BCUT2D eigenvalue weighted by atomic mass is 10.2. The van der Waals surface area contributed by atoms with E-state index in [1.165, 1.54) is 16.8 Å². The molecule has 1 aliphatic carbocycles. The van der Waals surface area contributed by atoms with Crippen LogP contribution in [0.5, 0.6) is 0 Å². The highest BCUT2D eigenvalue weighted by Crippen LogP contribution is 2.38. The van der Waals surface area contributed by atoms with Gasteiger partial charge in [-0.05, 0) is 31.9 Å². The highest BCUT2D eigenvalue weighted by molar-refractivity contribution is 5.81. The maximum absolute atomic E-state index is 13.2. The van der Waals surface area contributed by atoms with E-state index in [1.807, 2.05) is 13.0 Å². The summed E-state index contributed by atoms with van der Waals surface area (Å²) in [4.78, 5) is 33.5. The third kappa shape index (κ3) is 4.03. The van der Waals surface area contributed by atoms with Gasteiger partial charge < -0.3 is 30.5 Å². The van der Waals surface area contributed by atoms with Gasteiger partial charge in [0.1, 0.15) is 17.4 Å². The molecule has 36 heavy (non-hydrogen) atoms. The summed E-state index contributed by atoms with van der Waals surface area (Å²) in [6.07, 6.45) is -2.84. The van der Waals surface area contributed by atoms with Crippen molar-refractivity contribution < 1.29 is 30.0 Å². The Bertz CT molecular complexity index is 1540. The zero-order valence-corrected chi connectivity index (χ0v) is 19.3. The molecular weight excluding hydrogens is 476 g/mol. The molecular formula is C21H24N8O7. The molecule has 190 valence electrons. The van der Waals surface area contributed by atoms with Gasteiger partial charge in [-0.25, -0.2) is 24.1 Å². The Labute approximate surface area is 202 Å². The number of imidazole rings is 1. The number of aromatic nitrogens is 6. The molecule has 0 saturated heterocycles. The van der Waals surface area contributed by atoms with E-state index in [2.05, 4.69) is 35.5 Å². The van der Waals surface area contributed by atoms with Crippen LogP contribution in [0, 0.1) is 6.92 Å². The lowest BCUT2D eigenvalue weighted by Crippen LogP contribution is -2.47. The number of aliphatic hydroxyl groups is 4. The summed E-state index contributed by atoms with van der Waals surface area (Å²) < 4.78 is 6.14. The van der Waals surface area contributed by atoms with Crippen molar-refractivity contribution in [1.82, 2.24) is 34.6 Å². The summed E-state index contributed by atoms with van der Waals surface area (Å²) in [5.74, 6) is 0.695. The molecule has 4 aromatic rings. The van der Waals surface area contributed by atoms with E-state index in [-0.39, 0.29) is 36.1 Å². The predicted octanol–water partition coefficient (Wildman–Crippen LogP) is -0.164. The number of hydrogen-bond acceptors (Lipinski definition) is 11. The second kappa shape index (κ2) is 8.27. The number of anilines is 2. The fraction of sp³-hybridized carbons (Fsp3) is 0.381. The summed E-state index contributed by atoms with van der Waals surface area (Å²) in [5, 5.41) is 53.6. The number of pyridine rings is 2. The first-order chi connectivity index (χ1) is 17.0. The summed E-state index contributed by atoms with van der Waals surface area (Å²) >= 11 is 0. The number of nitrogens with zero attached hydrogens (tertiary/aromatic N) is 5. The normalized spacial score (nSPS) is 20.2. The van der Waals surface area contributed by atoms with E-state index in [1.54, 1.807) is 6.07 Å². The second-order valence-electron chi connectivity index (χ2n) is 8.73. The summed E-state index contributed by atoms with van der Waals surface area (Å²) in [5.41, 5.74) is -1.10. The molecule has 2 atom stereocenters. The largest absolute Gasteiger partial charge is 0.453 e. The van der Waals surface area contributed by atoms with Crippen molar-refractivity contribution in [3.8, 4) is 0 Å². The number of H-pyrrole nitrogens is 1. The van der Waals surface area contributed by atoms with Crippen molar-refractivity contribution in [3.63, 3.8) is 0 Å². The molecule has 0 aliphatic heterocycles. The molecule has 0 radical (unpaired) electrons. The Morgan fingerprint density at radius 2 is 2.06 bits per heavy atom. The van der Waals surface area contributed by atoms with Crippen LogP contribution >= 0.6 is 0 Å². The molecule has 1 amide bonds. The zero-order chi connectivity index (χ0) is 25.8. The number of fused-ring (bicyclic) bond motifs is 2. The quantitative estimate of drug-likeness (QED) is 0.179. The minimum absolute atomic E-state index is 0.0687. The van der Waals surface area contributed by atoms with Gasteiger partial charge in [0.15, 0.2) is 5.65 Å². The number of alkyl carbamates (subject to hydrolysis) is 1. The number of rotatable bonds is 5. The van der Waals surface area contributed by atoms with Crippen LogP contribution in [0.25, 0.3) is 22.1 Å². The number of nitrogens with one attached hydrogen (secondary N) is 3. The number of carbonyl (C=O) groups is 1. The molecule has 2 unspecified atom stereocenters. The Balaban J connectivity index is 1.56. The maximum atomic E-state index is 13.2. The maximum Gasteiger partial charge on any atom is 0.409 e. The van der Waals surface area contributed by atoms with Gasteiger partial charge in [0.25, 0.3) is 0 Å². The Hall–Kier alpha value is -4.05. The number of aromatic amines is 1. The molecule has 1 saturated carbocycles. The fourth-order valence-electron chi connectivity index (χ4n) is 4.63. The summed E-state index contributed by atoms with van der Waals surface area (Å²) in [7, 11) is 1.16. The fourth-order valence-corrected chi connectivity index (χ4v) is 4.63. The van der Waals surface area contributed by atoms with Gasteiger partial charge >= 0.3 is 17.9 Å². The van der Waals surface area contributed by atoms with Crippen LogP contribution < -0.4 is 16.3 Å². The number of ether oxygens (including phenoxy) is 1. The Morgan fingerprint density at radius 1 is 1.28 bits per heavy atom. The van der Waals surface area contributed by atoms with Crippen LogP contribution in [-0.2, 0) is 10.8 Å². The smallest absolute Gasteiger partial charge is 0.409 e. The van der Waals surface area contributed by atoms with Crippen LogP contribution in [0.4, 0.5) is 16.4 Å². The van der Waals surface area contributed by atoms with Crippen molar-refractivity contribution in [2.24, 2.45) is 0 Å².